The predicted octanol–water partition coefficient (Wildman–Crippen LogP) is 1.80. The number of aromatic amines is 1. The third-order valence-electron chi connectivity index (χ3n) is 5.38. The Bertz CT molecular complexity index is 1350. The first-order chi connectivity index (χ1) is 14.0. The van der Waals surface area contributed by atoms with Gasteiger partial charge in [-0.3, -0.25) is 19.5 Å². The highest BCUT2D eigenvalue weighted by Gasteiger charge is 2.34. The molecular formula is C21H17N5O3. The fourth-order valence-electron chi connectivity index (χ4n) is 3.97. The van der Waals surface area contributed by atoms with Gasteiger partial charge in [0.1, 0.15) is 5.56 Å². The number of primary amides is 1. The van der Waals surface area contributed by atoms with Crippen LogP contribution in [0, 0.1) is 0 Å². The first-order valence-corrected chi connectivity index (χ1v) is 9.22. The summed E-state index contributed by atoms with van der Waals surface area (Å²) in [7, 11) is 0. The Balaban J connectivity index is 1.56. The number of fused-ring (bicyclic) bond motifs is 2. The molecule has 1 unspecified atom stereocenters. The van der Waals surface area contributed by atoms with Gasteiger partial charge in [0, 0.05) is 36.5 Å². The second-order valence-corrected chi connectivity index (χ2v) is 7.13. The highest BCUT2D eigenvalue weighted by molar-refractivity contribution is 6.05. The minimum atomic E-state index is -0.673. The van der Waals surface area contributed by atoms with E-state index < -0.39 is 5.91 Å². The lowest BCUT2D eigenvalue weighted by Gasteiger charge is -2.19. The molecule has 144 valence electrons. The zero-order valence-electron chi connectivity index (χ0n) is 15.3. The van der Waals surface area contributed by atoms with Crippen LogP contribution in [0.4, 0.5) is 5.69 Å². The van der Waals surface area contributed by atoms with Gasteiger partial charge in [0.05, 0.1) is 11.4 Å². The van der Waals surface area contributed by atoms with Crippen molar-refractivity contribution in [2.75, 3.05) is 11.4 Å². The van der Waals surface area contributed by atoms with Crippen LogP contribution in [0.1, 0.15) is 28.4 Å². The van der Waals surface area contributed by atoms with Crippen LogP contribution in [0.3, 0.4) is 0 Å². The summed E-state index contributed by atoms with van der Waals surface area (Å²) >= 11 is 0. The van der Waals surface area contributed by atoms with Crippen molar-refractivity contribution >= 4 is 33.9 Å². The van der Waals surface area contributed by atoms with Crippen LogP contribution in [-0.2, 0) is 4.79 Å². The normalized spacial score (nSPS) is 16.8. The molecule has 1 saturated heterocycles. The third kappa shape index (κ3) is 2.68. The van der Waals surface area contributed by atoms with E-state index in [0.29, 0.717) is 12.2 Å². The van der Waals surface area contributed by atoms with Gasteiger partial charge < -0.3 is 10.6 Å². The number of nitrogens with zero attached hydrogens (tertiary/aromatic N) is 3. The molecule has 2 aromatic heterocycles. The molecule has 1 aliphatic heterocycles. The Labute approximate surface area is 164 Å². The van der Waals surface area contributed by atoms with Crippen molar-refractivity contribution in [3.63, 3.8) is 0 Å². The van der Waals surface area contributed by atoms with E-state index in [2.05, 4.69) is 10.1 Å². The number of carbonyl (C=O) groups is 2. The van der Waals surface area contributed by atoms with Crippen molar-refractivity contribution < 1.29 is 9.59 Å². The summed E-state index contributed by atoms with van der Waals surface area (Å²) in [6.07, 6.45) is 1.60. The Morgan fingerprint density at radius 2 is 1.93 bits per heavy atom. The van der Waals surface area contributed by atoms with Gasteiger partial charge in [-0.05, 0) is 11.5 Å². The maximum Gasteiger partial charge on any atom is 0.272 e. The number of H-pyrrole nitrogens is 1. The maximum absolute atomic E-state index is 12.8. The van der Waals surface area contributed by atoms with Gasteiger partial charge in [-0.15, -0.1) is 0 Å². The Kier molecular flexibility index (Phi) is 3.73. The number of hydrogen-bond donors (Lipinski definition) is 2. The molecule has 0 radical (unpaired) electrons. The van der Waals surface area contributed by atoms with E-state index in [0.717, 1.165) is 16.5 Å². The minimum absolute atomic E-state index is 0.0301. The van der Waals surface area contributed by atoms with Crippen molar-refractivity contribution in [1.82, 2.24) is 14.6 Å². The van der Waals surface area contributed by atoms with Gasteiger partial charge >= 0.3 is 0 Å². The molecule has 0 bridgehead atoms. The second kappa shape index (κ2) is 6.30. The summed E-state index contributed by atoms with van der Waals surface area (Å²) in [5, 5.41) is 4.73. The SMILES string of the molecule is NC(=O)c1c[nH]n2c(=O)cc(C3CC(=O)N(c4cccc5ccccc45)C3)nc12. The lowest BCUT2D eigenvalue weighted by Crippen LogP contribution is -2.25. The van der Waals surface area contributed by atoms with Crippen LogP contribution in [0.25, 0.3) is 16.4 Å². The molecular weight excluding hydrogens is 370 g/mol. The van der Waals surface area contributed by atoms with Crippen LogP contribution >= 0.6 is 0 Å². The second-order valence-electron chi connectivity index (χ2n) is 7.13. The van der Waals surface area contributed by atoms with Crippen molar-refractivity contribution in [3.8, 4) is 0 Å². The molecule has 5 rings (SSSR count). The third-order valence-corrected chi connectivity index (χ3v) is 5.38. The Morgan fingerprint density at radius 1 is 1.14 bits per heavy atom. The van der Waals surface area contributed by atoms with Crippen molar-refractivity contribution in [2.45, 2.75) is 12.3 Å². The van der Waals surface area contributed by atoms with E-state index in [1.165, 1.54) is 16.8 Å². The van der Waals surface area contributed by atoms with Gasteiger partial charge in [0.2, 0.25) is 5.91 Å². The number of amides is 2. The highest BCUT2D eigenvalue weighted by atomic mass is 16.2. The molecule has 1 atom stereocenters. The van der Waals surface area contributed by atoms with E-state index >= 15 is 0 Å². The van der Waals surface area contributed by atoms with Crippen molar-refractivity contribution in [1.29, 1.82) is 0 Å². The number of benzene rings is 2. The lowest BCUT2D eigenvalue weighted by atomic mass is 10.0. The largest absolute Gasteiger partial charge is 0.365 e. The van der Waals surface area contributed by atoms with E-state index in [9.17, 15) is 14.4 Å². The highest BCUT2D eigenvalue weighted by Crippen LogP contribution is 2.34. The number of anilines is 1. The predicted molar refractivity (Wildman–Crippen MR) is 108 cm³/mol. The van der Waals surface area contributed by atoms with Crippen LogP contribution < -0.4 is 16.2 Å². The molecule has 1 aliphatic rings. The number of rotatable bonds is 3. The van der Waals surface area contributed by atoms with Crippen LogP contribution in [-0.4, -0.2) is 33.0 Å². The zero-order valence-corrected chi connectivity index (χ0v) is 15.3. The molecule has 8 nitrogen and oxygen atoms in total. The van der Waals surface area contributed by atoms with E-state index in [-0.39, 0.29) is 35.0 Å². The summed E-state index contributed by atoms with van der Waals surface area (Å²) in [6, 6.07) is 15.1. The van der Waals surface area contributed by atoms with Crippen LogP contribution in [0.2, 0.25) is 0 Å². The minimum Gasteiger partial charge on any atom is -0.365 e. The summed E-state index contributed by atoms with van der Waals surface area (Å²) in [4.78, 5) is 43.1. The lowest BCUT2D eigenvalue weighted by molar-refractivity contribution is -0.117. The maximum atomic E-state index is 12.8. The van der Waals surface area contributed by atoms with E-state index in [4.69, 9.17) is 5.73 Å². The molecule has 29 heavy (non-hydrogen) atoms. The van der Waals surface area contributed by atoms with Crippen molar-refractivity contribution in [2.24, 2.45) is 5.73 Å². The average molecular weight is 387 g/mol. The molecule has 4 aromatic rings. The number of aromatic nitrogens is 3. The van der Waals surface area contributed by atoms with E-state index in [1.54, 1.807) is 4.90 Å². The summed E-state index contributed by atoms with van der Waals surface area (Å²) in [6.45, 7) is 0.409. The molecule has 8 heteroatoms. The standard InChI is InChI=1S/C21H17N5O3/c22-20(29)15-10-23-26-19(28)9-16(24-21(15)26)13-8-18(27)25(11-13)17-7-3-5-12-4-1-2-6-14(12)17/h1-7,9-10,13,23H,8,11H2,(H2,22,29). The number of carbonyl (C=O) groups excluding carboxylic acids is 2. The Morgan fingerprint density at radius 3 is 2.76 bits per heavy atom. The molecule has 0 spiro atoms. The van der Waals surface area contributed by atoms with Gasteiger partial charge in [-0.1, -0.05) is 36.4 Å². The van der Waals surface area contributed by atoms with Gasteiger partial charge in [-0.25, -0.2) is 9.50 Å². The van der Waals surface area contributed by atoms with Gasteiger partial charge in [0.25, 0.3) is 11.5 Å². The molecule has 1 fully saturated rings. The zero-order chi connectivity index (χ0) is 20.1. The number of nitrogens with two attached hydrogens (primary N) is 1. The monoisotopic (exact) mass is 387 g/mol. The molecule has 3 N–H and O–H groups in total. The number of nitrogens with one attached hydrogen (secondary N) is 1. The van der Waals surface area contributed by atoms with Crippen molar-refractivity contribution in [3.05, 3.63) is 76.3 Å². The Hall–Kier alpha value is -3.94. The van der Waals surface area contributed by atoms with Gasteiger partial charge in [0.15, 0.2) is 5.65 Å². The average Bonchev–Trinajstić information content (AvgIpc) is 3.31. The molecule has 0 saturated carbocycles. The summed E-state index contributed by atoms with van der Waals surface area (Å²) in [5.74, 6) is -0.958. The van der Waals surface area contributed by atoms with Gasteiger partial charge in [-0.2, -0.15) is 0 Å². The van der Waals surface area contributed by atoms with Crippen LogP contribution in [0.5, 0.6) is 0 Å². The first-order valence-electron chi connectivity index (χ1n) is 9.22. The quantitative estimate of drug-likeness (QED) is 0.558. The smallest absolute Gasteiger partial charge is 0.272 e. The fraction of sp³-hybridized carbons (Fsp3) is 0.143. The molecule has 3 heterocycles. The molecule has 0 aliphatic carbocycles. The molecule has 2 amide bonds. The topological polar surface area (TPSA) is 114 Å². The summed E-state index contributed by atoms with van der Waals surface area (Å²) in [5.41, 5.74) is 6.66. The first kappa shape index (κ1) is 17.2. The van der Waals surface area contributed by atoms with Crippen LogP contribution in [0.15, 0.2) is 59.5 Å². The fourth-order valence-corrected chi connectivity index (χ4v) is 3.97. The molecule has 2 aromatic carbocycles. The number of hydrogen-bond acceptors (Lipinski definition) is 4. The summed E-state index contributed by atoms with van der Waals surface area (Å²) < 4.78 is 1.17. The van der Waals surface area contributed by atoms with E-state index in [1.807, 2.05) is 42.5 Å².